The molecule has 2 amide bonds. The van der Waals surface area contributed by atoms with E-state index in [0.717, 1.165) is 11.1 Å². The Balaban J connectivity index is 1.59. The Morgan fingerprint density at radius 3 is 2.79 bits per heavy atom. The number of nitrogens with one attached hydrogen (secondary N) is 2. The molecule has 2 aromatic heterocycles. The molecule has 1 aromatic carbocycles. The quantitative estimate of drug-likeness (QED) is 0.621. The van der Waals surface area contributed by atoms with Gasteiger partial charge < -0.3 is 19.7 Å². The molecule has 154 valence electrons. The first-order chi connectivity index (χ1) is 13.9. The highest BCUT2D eigenvalue weighted by atomic mass is 19.1. The number of amides is 2. The van der Waals surface area contributed by atoms with Crippen LogP contribution in [0.2, 0.25) is 0 Å². The molecule has 1 aliphatic heterocycles. The first-order valence-corrected chi connectivity index (χ1v) is 9.32. The number of urea groups is 1. The summed E-state index contributed by atoms with van der Waals surface area (Å²) in [5, 5.41) is 16.9. The van der Waals surface area contributed by atoms with E-state index in [1.807, 2.05) is 25.4 Å². The van der Waals surface area contributed by atoms with Crippen LogP contribution in [0.3, 0.4) is 0 Å². The fourth-order valence-electron chi connectivity index (χ4n) is 3.53. The van der Waals surface area contributed by atoms with E-state index >= 15 is 0 Å². The SMILES string of the molecule is COc1ccc(-c2cnn(C)c2)c2nc(NC(=O)N3CCC(O)(CF)CC3)[nH]c12. The van der Waals surface area contributed by atoms with E-state index in [9.17, 15) is 14.3 Å². The molecule has 3 heterocycles. The maximum atomic E-state index is 12.9. The van der Waals surface area contributed by atoms with Crippen LogP contribution in [-0.2, 0) is 7.05 Å². The predicted octanol–water partition coefficient (Wildman–Crippen LogP) is 2.30. The molecule has 0 aliphatic carbocycles. The molecule has 0 spiro atoms. The van der Waals surface area contributed by atoms with Crippen molar-refractivity contribution in [2.24, 2.45) is 7.05 Å². The third kappa shape index (κ3) is 3.63. The first-order valence-electron chi connectivity index (χ1n) is 9.32. The van der Waals surface area contributed by atoms with Crippen LogP contribution < -0.4 is 10.1 Å². The average molecular weight is 402 g/mol. The lowest BCUT2D eigenvalue weighted by molar-refractivity contribution is -0.0293. The zero-order chi connectivity index (χ0) is 20.6. The highest BCUT2D eigenvalue weighted by Crippen LogP contribution is 2.34. The van der Waals surface area contributed by atoms with Crippen LogP contribution in [0.4, 0.5) is 15.1 Å². The van der Waals surface area contributed by atoms with Crippen LogP contribution in [0.15, 0.2) is 24.5 Å². The Morgan fingerprint density at radius 1 is 1.41 bits per heavy atom. The lowest BCUT2D eigenvalue weighted by atomic mass is 9.93. The van der Waals surface area contributed by atoms with Crippen molar-refractivity contribution < 1.29 is 19.0 Å². The van der Waals surface area contributed by atoms with Crippen LogP contribution in [0.5, 0.6) is 5.75 Å². The largest absolute Gasteiger partial charge is 0.494 e. The summed E-state index contributed by atoms with van der Waals surface area (Å²) in [6, 6.07) is 3.37. The number of benzene rings is 1. The van der Waals surface area contributed by atoms with Crippen molar-refractivity contribution >= 4 is 23.0 Å². The van der Waals surface area contributed by atoms with Gasteiger partial charge in [-0.05, 0) is 25.0 Å². The fraction of sp³-hybridized carbons (Fsp3) is 0.421. The first kappa shape index (κ1) is 19.2. The second-order valence-electron chi connectivity index (χ2n) is 7.30. The smallest absolute Gasteiger partial charge is 0.324 e. The van der Waals surface area contributed by atoms with Crippen molar-refractivity contribution in [3.8, 4) is 16.9 Å². The third-order valence-corrected chi connectivity index (χ3v) is 5.30. The van der Waals surface area contributed by atoms with Gasteiger partial charge in [0.25, 0.3) is 0 Å². The van der Waals surface area contributed by atoms with Gasteiger partial charge in [-0.1, -0.05) is 0 Å². The Hall–Kier alpha value is -3.14. The molecule has 1 saturated heterocycles. The molecule has 9 nitrogen and oxygen atoms in total. The summed E-state index contributed by atoms with van der Waals surface area (Å²) in [6.45, 7) is -0.254. The molecule has 0 unspecified atom stereocenters. The van der Waals surface area contributed by atoms with Crippen molar-refractivity contribution in [1.29, 1.82) is 0 Å². The van der Waals surface area contributed by atoms with Crippen LogP contribution in [-0.4, -0.2) is 68.3 Å². The molecule has 3 aromatic rings. The van der Waals surface area contributed by atoms with Gasteiger partial charge in [0.05, 0.1) is 18.9 Å². The van der Waals surface area contributed by atoms with Crippen molar-refractivity contribution in [1.82, 2.24) is 24.6 Å². The summed E-state index contributed by atoms with van der Waals surface area (Å²) >= 11 is 0. The minimum atomic E-state index is -1.33. The molecule has 0 atom stereocenters. The average Bonchev–Trinajstić information content (AvgIpc) is 3.33. The van der Waals surface area contributed by atoms with Crippen molar-refractivity contribution in [3.05, 3.63) is 24.5 Å². The Morgan fingerprint density at radius 2 is 2.17 bits per heavy atom. The number of imidazole rings is 1. The number of halogens is 1. The molecular weight excluding hydrogens is 379 g/mol. The van der Waals surface area contributed by atoms with Gasteiger partial charge in [0.2, 0.25) is 5.95 Å². The van der Waals surface area contributed by atoms with Crippen molar-refractivity contribution in [2.75, 3.05) is 32.2 Å². The van der Waals surface area contributed by atoms with E-state index in [1.54, 1.807) is 18.0 Å². The molecule has 0 bridgehead atoms. The zero-order valence-electron chi connectivity index (χ0n) is 16.3. The third-order valence-electron chi connectivity index (χ3n) is 5.30. The van der Waals surface area contributed by atoms with Gasteiger partial charge in [-0.3, -0.25) is 10.00 Å². The number of hydrogen-bond donors (Lipinski definition) is 3. The lowest BCUT2D eigenvalue weighted by Crippen LogP contribution is -2.49. The number of aromatic nitrogens is 4. The maximum absolute atomic E-state index is 12.9. The summed E-state index contributed by atoms with van der Waals surface area (Å²) in [7, 11) is 3.40. The minimum Gasteiger partial charge on any atom is -0.494 e. The van der Waals surface area contributed by atoms with Crippen LogP contribution >= 0.6 is 0 Å². The number of nitrogens with zero attached hydrogens (tertiary/aromatic N) is 4. The maximum Gasteiger partial charge on any atom is 0.324 e. The number of carbonyl (C=O) groups is 1. The van der Waals surface area contributed by atoms with Crippen molar-refractivity contribution in [2.45, 2.75) is 18.4 Å². The number of piperidine rings is 1. The summed E-state index contributed by atoms with van der Waals surface area (Å²) in [5.41, 5.74) is 1.73. The summed E-state index contributed by atoms with van der Waals surface area (Å²) in [4.78, 5) is 21.8. The van der Waals surface area contributed by atoms with Gasteiger partial charge >= 0.3 is 6.03 Å². The highest BCUT2D eigenvalue weighted by molar-refractivity contribution is 5.98. The Kier molecular flexibility index (Phi) is 4.87. The zero-order valence-corrected chi connectivity index (χ0v) is 16.3. The van der Waals surface area contributed by atoms with E-state index in [0.29, 0.717) is 16.8 Å². The second kappa shape index (κ2) is 7.36. The fourth-order valence-corrected chi connectivity index (χ4v) is 3.53. The number of methoxy groups -OCH3 is 1. The van der Waals surface area contributed by atoms with Crippen LogP contribution in [0.25, 0.3) is 22.2 Å². The standard InChI is InChI=1S/C19H23FN6O3/c1-25-10-12(9-21-25)13-3-4-14(29-2)16-15(13)22-17(23-16)24-18(27)26-7-5-19(28,11-20)6-8-26/h3-4,9-10,28H,5-8,11H2,1-2H3,(H2,22,23,24,27). The number of aliphatic hydroxyl groups is 1. The van der Waals surface area contributed by atoms with Gasteiger partial charge in [-0.2, -0.15) is 5.10 Å². The van der Waals surface area contributed by atoms with Crippen LogP contribution in [0.1, 0.15) is 12.8 Å². The number of likely N-dealkylation sites (tertiary alicyclic amines) is 1. The number of aromatic amines is 1. The second-order valence-corrected chi connectivity index (χ2v) is 7.30. The van der Waals surface area contributed by atoms with Crippen molar-refractivity contribution in [3.63, 3.8) is 0 Å². The van der Waals surface area contributed by atoms with Gasteiger partial charge in [-0.15, -0.1) is 0 Å². The number of H-pyrrole nitrogens is 1. The molecular formula is C19H23FN6O3. The summed E-state index contributed by atoms with van der Waals surface area (Å²) in [5.74, 6) is 0.887. The van der Waals surface area contributed by atoms with E-state index in [-0.39, 0.29) is 37.9 Å². The number of rotatable bonds is 4. The lowest BCUT2D eigenvalue weighted by Gasteiger charge is -2.36. The Labute approximate surface area is 166 Å². The topological polar surface area (TPSA) is 108 Å². The number of carbonyl (C=O) groups excluding carboxylic acids is 1. The van der Waals surface area contributed by atoms with Gasteiger partial charge in [0.15, 0.2) is 0 Å². The molecule has 3 N–H and O–H groups in total. The monoisotopic (exact) mass is 402 g/mol. The number of anilines is 1. The van der Waals surface area contributed by atoms with E-state index in [4.69, 9.17) is 4.74 Å². The highest BCUT2D eigenvalue weighted by Gasteiger charge is 2.34. The summed E-state index contributed by atoms with van der Waals surface area (Å²) < 4.78 is 20.0. The van der Waals surface area contributed by atoms with Gasteiger partial charge in [0, 0.05) is 37.5 Å². The van der Waals surface area contributed by atoms with E-state index in [2.05, 4.69) is 20.4 Å². The van der Waals surface area contributed by atoms with Gasteiger partial charge in [0.1, 0.15) is 23.5 Å². The molecule has 1 aliphatic rings. The number of alkyl halides is 1. The molecule has 0 radical (unpaired) electrons. The van der Waals surface area contributed by atoms with Gasteiger partial charge in [-0.25, -0.2) is 14.2 Å². The molecule has 4 rings (SSSR count). The molecule has 29 heavy (non-hydrogen) atoms. The number of ether oxygens (including phenoxy) is 1. The Bertz CT molecular complexity index is 1040. The van der Waals surface area contributed by atoms with E-state index < -0.39 is 12.3 Å². The van der Waals surface area contributed by atoms with E-state index in [1.165, 1.54) is 4.90 Å². The van der Waals surface area contributed by atoms with Crippen LogP contribution in [0, 0.1) is 0 Å². The number of fused-ring (bicyclic) bond motifs is 1. The molecule has 0 saturated carbocycles. The summed E-state index contributed by atoms with van der Waals surface area (Å²) in [6.07, 6.45) is 4.04. The predicted molar refractivity (Wildman–Crippen MR) is 106 cm³/mol. The minimum absolute atomic E-state index is 0.204. The normalized spacial score (nSPS) is 16.2. The molecule has 10 heteroatoms. The number of hydrogen-bond acceptors (Lipinski definition) is 5. The molecule has 1 fully saturated rings. The number of aryl methyl sites for hydroxylation is 1.